The quantitative estimate of drug-likeness (QED) is 0.885. The first-order valence-corrected chi connectivity index (χ1v) is 8.52. The van der Waals surface area contributed by atoms with Crippen molar-refractivity contribution in [3.63, 3.8) is 0 Å². The van der Waals surface area contributed by atoms with Crippen molar-refractivity contribution in [3.05, 3.63) is 22.8 Å². The fourth-order valence-electron chi connectivity index (χ4n) is 3.21. The molecule has 1 N–H and O–H groups in total. The molecule has 2 rings (SSSR count). The first kappa shape index (κ1) is 16.4. The normalized spacial score (nSPS) is 22.8. The van der Waals surface area contributed by atoms with Crippen molar-refractivity contribution >= 4 is 0 Å². The van der Waals surface area contributed by atoms with Crippen LogP contribution in [0.25, 0.3) is 0 Å². The van der Waals surface area contributed by atoms with Gasteiger partial charge in [-0.2, -0.15) is 0 Å². The van der Waals surface area contributed by atoms with Gasteiger partial charge >= 0.3 is 0 Å². The molecule has 0 unspecified atom stereocenters. The smallest absolute Gasteiger partial charge is 0.131 e. The Morgan fingerprint density at radius 1 is 1.05 bits per heavy atom. The molecule has 0 amide bonds. The molecule has 1 fully saturated rings. The number of hydrogen-bond acceptors (Lipinski definition) is 3. The van der Waals surface area contributed by atoms with E-state index >= 15 is 0 Å². The first-order valence-electron chi connectivity index (χ1n) is 8.52. The summed E-state index contributed by atoms with van der Waals surface area (Å²) in [5.41, 5.74) is 3.60. The van der Waals surface area contributed by atoms with Crippen LogP contribution in [0.15, 0.2) is 0 Å². The lowest BCUT2D eigenvalue weighted by Gasteiger charge is -2.26. The molecule has 0 radical (unpaired) electrons. The molecule has 0 aromatic carbocycles. The molecule has 0 spiro atoms. The summed E-state index contributed by atoms with van der Waals surface area (Å²) >= 11 is 0. The highest BCUT2D eigenvalue weighted by atomic mass is 14.9. The average Bonchev–Trinajstić information content (AvgIpc) is 2.42. The van der Waals surface area contributed by atoms with Crippen LogP contribution in [0, 0.1) is 25.7 Å². The highest BCUT2D eigenvalue weighted by Gasteiger charge is 2.23. The number of nitrogens with zero attached hydrogens (tertiary/aromatic N) is 2. The maximum Gasteiger partial charge on any atom is 0.131 e. The molecular weight excluding hydrogens is 258 g/mol. The molecule has 0 saturated heterocycles. The Hall–Kier alpha value is -0.960. The number of aromatic nitrogens is 2. The van der Waals surface area contributed by atoms with E-state index in [1.165, 1.54) is 31.2 Å². The first-order chi connectivity index (χ1) is 9.97. The van der Waals surface area contributed by atoms with E-state index in [-0.39, 0.29) is 0 Å². The number of rotatable bonds is 5. The van der Waals surface area contributed by atoms with Crippen molar-refractivity contribution < 1.29 is 0 Å². The third-order valence-electron chi connectivity index (χ3n) is 4.67. The van der Waals surface area contributed by atoms with Crippen LogP contribution in [0.3, 0.4) is 0 Å². The zero-order valence-electron chi connectivity index (χ0n) is 14.4. The topological polar surface area (TPSA) is 37.8 Å². The summed E-state index contributed by atoms with van der Waals surface area (Å²) in [5, 5.41) is 3.51. The van der Waals surface area contributed by atoms with Gasteiger partial charge in [0.2, 0.25) is 0 Å². The van der Waals surface area contributed by atoms with Gasteiger partial charge in [0.25, 0.3) is 0 Å². The van der Waals surface area contributed by atoms with Crippen molar-refractivity contribution in [1.29, 1.82) is 0 Å². The van der Waals surface area contributed by atoms with Crippen LogP contribution in [0.1, 0.15) is 75.1 Å². The van der Waals surface area contributed by atoms with Gasteiger partial charge in [-0.15, -0.1) is 0 Å². The second kappa shape index (κ2) is 7.35. The van der Waals surface area contributed by atoms with Gasteiger partial charge in [0.1, 0.15) is 5.82 Å². The summed E-state index contributed by atoms with van der Waals surface area (Å²) < 4.78 is 0. The van der Waals surface area contributed by atoms with Crippen LogP contribution in [0.5, 0.6) is 0 Å². The molecule has 1 heterocycles. The van der Waals surface area contributed by atoms with Gasteiger partial charge in [0.05, 0.1) is 0 Å². The minimum Gasteiger partial charge on any atom is -0.312 e. The highest BCUT2D eigenvalue weighted by Crippen LogP contribution is 2.34. The summed E-state index contributed by atoms with van der Waals surface area (Å²) in [6, 6.07) is 0. The second-order valence-electron chi connectivity index (χ2n) is 7.21. The Kier molecular flexibility index (Phi) is 5.74. The van der Waals surface area contributed by atoms with Gasteiger partial charge < -0.3 is 5.32 Å². The zero-order valence-corrected chi connectivity index (χ0v) is 14.4. The molecule has 118 valence electrons. The SMILES string of the molecule is Cc1nc(C2CCC(C)CC2)nc(C)c1CNCC(C)C. The molecule has 1 aliphatic rings. The molecule has 1 aromatic rings. The molecule has 1 aromatic heterocycles. The minimum absolute atomic E-state index is 0.580. The molecule has 1 saturated carbocycles. The molecule has 21 heavy (non-hydrogen) atoms. The van der Waals surface area contributed by atoms with Crippen molar-refractivity contribution in [1.82, 2.24) is 15.3 Å². The van der Waals surface area contributed by atoms with Gasteiger partial charge in [-0.05, 0) is 45.1 Å². The monoisotopic (exact) mass is 289 g/mol. The average molecular weight is 289 g/mol. The number of aryl methyl sites for hydroxylation is 2. The van der Waals surface area contributed by atoms with E-state index in [0.29, 0.717) is 11.8 Å². The predicted molar refractivity (Wildman–Crippen MR) is 88.4 cm³/mol. The Balaban J connectivity index is 2.06. The summed E-state index contributed by atoms with van der Waals surface area (Å²) in [6.45, 7) is 13.0. The van der Waals surface area contributed by atoms with E-state index < -0.39 is 0 Å². The zero-order chi connectivity index (χ0) is 15.4. The lowest BCUT2D eigenvalue weighted by atomic mass is 9.82. The molecule has 1 aliphatic carbocycles. The van der Waals surface area contributed by atoms with Gasteiger partial charge in [0, 0.05) is 29.4 Å². The molecule has 0 aliphatic heterocycles. The maximum atomic E-state index is 4.83. The van der Waals surface area contributed by atoms with Crippen LogP contribution >= 0.6 is 0 Å². The summed E-state index contributed by atoms with van der Waals surface area (Å²) in [7, 11) is 0. The van der Waals surface area contributed by atoms with Crippen LogP contribution < -0.4 is 5.32 Å². The van der Waals surface area contributed by atoms with Gasteiger partial charge in [-0.1, -0.05) is 33.6 Å². The van der Waals surface area contributed by atoms with Crippen LogP contribution in [-0.2, 0) is 6.54 Å². The lowest BCUT2D eigenvalue weighted by molar-refractivity contribution is 0.339. The maximum absolute atomic E-state index is 4.83. The van der Waals surface area contributed by atoms with Gasteiger partial charge in [-0.3, -0.25) is 0 Å². The van der Waals surface area contributed by atoms with E-state index in [1.807, 2.05) is 0 Å². The summed E-state index contributed by atoms with van der Waals surface area (Å²) in [4.78, 5) is 9.66. The van der Waals surface area contributed by atoms with E-state index in [4.69, 9.17) is 9.97 Å². The van der Waals surface area contributed by atoms with Crippen LogP contribution in [0.2, 0.25) is 0 Å². The minimum atomic E-state index is 0.580. The van der Waals surface area contributed by atoms with Crippen molar-refractivity contribution in [3.8, 4) is 0 Å². The molecular formula is C18H31N3. The molecule has 0 bridgehead atoms. The van der Waals surface area contributed by atoms with Crippen LogP contribution in [-0.4, -0.2) is 16.5 Å². The standard InChI is InChI=1S/C18H31N3/c1-12(2)10-19-11-17-14(4)20-18(21-15(17)5)16-8-6-13(3)7-9-16/h12-13,16,19H,6-11H2,1-5H3. The fraction of sp³-hybridized carbons (Fsp3) is 0.778. The van der Waals surface area contributed by atoms with Crippen LogP contribution in [0.4, 0.5) is 0 Å². The number of nitrogens with one attached hydrogen (secondary N) is 1. The predicted octanol–water partition coefficient (Wildman–Crippen LogP) is 4.13. The Morgan fingerprint density at radius 2 is 1.62 bits per heavy atom. The number of hydrogen-bond donors (Lipinski definition) is 1. The van der Waals surface area contributed by atoms with Gasteiger partial charge in [0.15, 0.2) is 0 Å². The van der Waals surface area contributed by atoms with E-state index in [9.17, 15) is 0 Å². The molecule has 3 nitrogen and oxygen atoms in total. The molecule has 0 atom stereocenters. The Bertz CT molecular complexity index is 437. The van der Waals surface area contributed by atoms with E-state index in [0.717, 1.165) is 36.2 Å². The summed E-state index contributed by atoms with van der Waals surface area (Å²) in [5.74, 6) is 3.22. The van der Waals surface area contributed by atoms with E-state index in [2.05, 4.69) is 39.9 Å². The highest BCUT2D eigenvalue weighted by molar-refractivity contribution is 5.25. The Morgan fingerprint density at radius 3 is 2.14 bits per heavy atom. The fourth-order valence-corrected chi connectivity index (χ4v) is 3.21. The third-order valence-corrected chi connectivity index (χ3v) is 4.67. The van der Waals surface area contributed by atoms with Gasteiger partial charge in [-0.25, -0.2) is 9.97 Å². The lowest BCUT2D eigenvalue weighted by Crippen LogP contribution is -2.22. The van der Waals surface area contributed by atoms with Crippen molar-refractivity contribution in [2.45, 2.75) is 72.8 Å². The molecule has 3 heteroatoms. The largest absolute Gasteiger partial charge is 0.312 e. The summed E-state index contributed by atoms with van der Waals surface area (Å²) in [6.07, 6.45) is 5.16. The third kappa shape index (κ3) is 4.50. The Labute approximate surface area is 130 Å². The van der Waals surface area contributed by atoms with Crippen molar-refractivity contribution in [2.24, 2.45) is 11.8 Å². The van der Waals surface area contributed by atoms with Crippen molar-refractivity contribution in [2.75, 3.05) is 6.54 Å². The van der Waals surface area contributed by atoms with E-state index in [1.54, 1.807) is 0 Å². The second-order valence-corrected chi connectivity index (χ2v) is 7.21.